The van der Waals surface area contributed by atoms with Gasteiger partial charge >= 0.3 is 22.1 Å². The van der Waals surface area contributed by atoms with Gasteiger partial charge in [0.1, 0.15) is 0 Å². The minimum atomic E-state index is -3.86. The number of rotatable bonds is 17. The van der Waals surface area contributed by atoms with Gasteiger partial charge in [-0.15, -0.1) is 0 Å². The van der Waals surface area contributed by atoms with Crippen LogP contribution in [0, 0.1) is 4.78 Å². The van der Waals surface area contributed by atoms with Crippen LogP contribution < -0.4 is 0 Å². The molecule has 0 spiro atoms. The summed E-state index contributed by atoms with van der Waals surface area (Å²) in [6, 6.07) is 0. The van der Waals surface area contributed by atoms with Gasteiger partial charge in [0.2, 0.25) is 5.94 Å². The van der Waals surface area contributed by atoms with E-state index in [2.05, 4.69) is 0 Å². The van der Waals surface area contributed by atoms with E-state index < -0.39 is 43.9 Å². The Labute approximate surface area is 216 Å². The summed E-state index contributed by atoms with van der Waals surface area (Å²) in [5, 5.41) is 0. The van der Waals surface area contributed by atoms with E-state index in [1.807, 2.05) is 0 Å². The number of hydrogen-bond donors (Lipinski definition) is 1. The van der Waals surface area contributed by atoms with Crippen molar-refractivity contribution in [2.45, 2.75) is 128 Å². The van der Waals surface area contributed by atoms with Gasteiger partial charge in [0.25, 0.3) is 0 Å². The van der Waals surface area contributed by atoms with Crippen LogP contribution in [0.3, 0.4) is 0 Å². The topological polar surface area (TPSA) is 146 Å². The summed E-state index contributed by atoms with van der Waals surface area (Å²) in [5.74, 6) is -2.29. The van der Waals surface area contributed by atoms with E-state index >= 15 is 0 Å². The fraction of sp³-hybridized carbons (Fsp3) is 0.917. The number of nitrogens with one attached hydrogen (secondary N) is 1. The highest BCUT2D eigenvalue weighted by atomic mass is 32.2. The molecule has 0 amide bonds. The first kappa shape index (κ1) is 31.0. The van der Waals surface area contributed by atoms with E-state index in [4.69, 9.17) is 22.6 Å². The van der Waals surface area contributed by atoms with E-state index in [1.165, 1.54) is 0 Å². The molecule has 2 aliphatic carbocycles. The largest absolute Gasteiger partial charge is 0.448 e. The summed E-state index contributed by atoms with van der Waals surface area (Å²) < 4.78 is 64.1. The number of hydrogen-bond acceptors (Lipinski definition) is 10. The summed E-state index contributed by atoms with van der Waals surface area (Å²) in [6.07, 6.45) is 13.6. The van der Waals surface area contributed by atoms with Crippen molar-refractivity contribution in [3.63, 3.8) is 0 Å². The Bertz CT molecular complexity index is 790. The molecule has 0 aromatic rings. The van der Waals surface area contributed by atoms with Crippen LogP contribution in [0.4, 0.5) is 0 Å². The van der Waals surface area contributed by atoms with Gasteiger partial charge < -0.3 is 9.47 Å². The second kappa shape index (κ2) is 16.6. The van der Waals surface area contributed by atoms with E-state index in [-0.39, 0.29) is 25.0 Å². The molecule has 0 aromatic carbocycles. The zero-order valence-electron chi connectivity index (χ0n) is 21.3. The highest BCUT2D eigenvalue weighted by Gasteiger charge is 2.23. The third-order valence-corrected chi connectivity index (χ3v) is 8.41. The molecule has 1 atom stereocenters. The third-order valence-electron chi connectivity index (χ3n) is 6.43. The summed E-state index contributed by atoms with van der Waals surface area (Å²) in [4.78, 5) is 23.6. The first-order valence-electron chi connectivity index (χ1n) is 13.3. The molecule has 10 nitrogen and oxygen atoms in total. The van der Waals surface area contributed by atoms with Crippen molar-refractivity contribution >= 4 is 32.1 Å². The van der Waals surface area contributed by atoms with Gasteiger partial charge in [-0.25, -0.2) is 8.99 Å². The van der Waals surface area contributed by atoms with Crippen LogP contribution in [0.2, 0.25) is 0 Å². The van der Waals surface area contributed by atoms with Gasteiger partial charge in [-0.2, -0.15) is 8.42 Å². The van der Waals surface area contributed by atoms with E-state index in [1.54, 1.807) is 0 Å². The first-order valence-corrected chi connectivity index (χ1v) is 16.5. The van der Waals surface area contributed by atoms with Crippen LogP contribution in [-0.4, -0.2) is 48.7 Å². The highest BCUT2D eigenvalue weighted by Crippen LogP contribution is 2.23. The molecule has 2 saturated carbocycles. The van der Waals surface area contributed by atoms with Crippen molar-refractivity contribution in [2.75, 3.05) is 11.9 Å². The number of carbonyl (C=O) groups excluding carboxylic acids is 2. The molecule has 0 aromatic heterocycles. The Balaban J connectivity index is 1.42. The molecule has 36 heavy (non-hydrogen) atoms. The molecule has 2 rings (SSSR count). The van der Waals surface area contributed by atoms with Crippen molar-refractivity contribution in [1.82, 2.24) is 0 Å². The normalized spacial score (nSPS) is 19.4. The summed E-state index contributed by atoms with van der Waals surface area (Å²) in [6.45, 7) is 0. The summed E-state index contributed by atoms with van der Waals surface area (Å²) >= 11 is 0. The Morgan fingerprint density at radius 2 is 1.03 bits per heavy atom. The Morgan fingerprint density at radius 1 is 0.611 bits per heavy atom. The maximum atomic E-state index is 12.2. The predicted molar refractivity (Wildman–Crippen MR) is 135 cm³/mol. The minimum Gasteiger partial charge on any atom is -0.448 e. The van der Waals surface area contributed by atoms with Crippen LogP contribution >= 0.6 is 0 Å². The molecule has 1 unspecified atom stereocenters. The van der Waals surface area contributed by atoms with Gasteiger partial charge in [0, 0.05) is 12.8 Å². The standard InChI is InChI=1S/C24H43NO9S2/c25-35(28,33-21-13-7-5-8-14-21)19-31-23(26)17-11-3-1-2-4-12-18-24(27)32-20-36(29,30)34-22-15-9-6-10-16-22/h21-22,25H,1-20H2. The highest BCUT2D eigenvalue weighted by molar-refractivity contribution is 7.87. The van der Waals surface area contributed by atoms with Crippen LogP contribution in [-0.2, 0) is 47.6 Å². The predicted octanol–water partition coefficient (Wildman–Crippen LogP) is 5.10. The van der Waals surface area contributed by atoms with Gasteiger partial charge in [0.15, 0.2) is 15.9 Å². The van der Waals surface area contributed by atoms with Crippen molar-refractivity contribution < 1.29 is 40.1 Å². The number of esters is 2. The molecular formula is C24H43NO9S2. The van der Waals surface area contributed by atoms with Crippen molar-refractivity contribution in [3.05, 3.63) is 0 Å². The fourth-order valence-corrected chi connectivity index (χ4v) is 6.39. The lowest BCUT2D eigenvalue weighted by atomic mass is 9.98. The van der Waals surface area contributed by atoms with Gasteiger partial charge in [-0.1, -0.05) is 64.2 Å². The van der Waals surface area contributed by atoms with Crippen molar-refractivity contribution in [3.8, 4) is 0 Å². The summed E-state index contributed by atoms with van der Waals surface area (Å²) in [5.41, 5.74) is 0. The lowest BCUT2D eigenvalue weighted by Gasteiger charge is -2.22. The quantitative estimate of drug-likeness (QED) is 0.148. The lowest BCUT2D eigenvalue weighted by Crippen LogP contribution is -2.24. The monoisotopic (exact) mass is 553 g/mol. The number of ether oxygens (including phenoxy) is 2. The molecule has 0 bridgehead atoms. The molecule has 0 saturated heterocycles. The molecule has 0 aliphatic heterocycles. The molecule has 0 radical (unpaired) electrons. The smallest absolute Gasteiger partial charge is 0.306 e. The van der Waals surface area contributed by atoms with Crippen molar-refractivity contribution in [2.24, 2.45) is 0 Å². The van der Waals surface area contributed by atoms with Crippen LogP contribution in [0.5, 0.6) is 0 Å². The Morgan fingerprint density at radius 3 is 1.53 bits per heavy atom. The zero-order valence-corrected chi connectivity index (χ0v) is 22.9. The van der Waals surface area contributed by atoms with Gasteiger partial charge in [-0.3, -0.25) is 18.0 Å². The Kier molecular flexibility index (Phi) is 14.3. The van der Waals surface area contributed by atoms with Crippen LogP contribution in [0.15, 0.2) is 0 Å². The molecule has 1 N–H and O–H groups in total. The fourth-order valence-electron chi connectivity index (χ4n) is 4.48. The number of carbonyl (C=O) groups is 2. The van der Waals surface area contributed by atoms with E-state index in [9.17, 15) is 22.2 Å². The maximum Gasteiger partial charge on any atom is 0.306 e. The van der Waals surface area contributed by atoms with Gasteiger partial charge in [0.05, 0.1) is 12.2 Å². The average Bonchev–Trinajstić information content (AvgIpc) is 2.84. The SMILES string of the molecule is N=S(=O)(COC(=O)CCCCCCCCC(=O)OCS(=O)(=O)OC1CCCCC1)OC1CCCCC1. The van der Waals surface area contributed by atoms with Crippen LogP contribution in [0.1, 0.15) is 116 Å². The minimum absolute atomic E-state index is 0.153. The second-order valence-corrected chi connectivity index (χ2v) is 13.0. The van der Waals surface area contributed by atoms with Gasteiger partial charge in [-0.05, 0) is 38.5 Å². The third kappa shape index (κ3) is 14.5. The average molecular weight is 554 g/mol. The molecule has 0 heterocycles. The molecule has 12 heteroatoms. The summed E-state index contributed by atoms with van der Waals surface area (Å²) in [7, 11) is -7.23. The van der Waals surface area contributed by atoms with Crippen LogP contribution in [0.25, 0.3) is 0 Å². The number of unbranched alkanes of at least 4 members (excludes halogenated alkanes) is 5. The van der Waals surface area contributed by atoms with E-state index in [0.29, 0.717) is 12.8 Å². The zero-order chi connectivity index (χ0) is 26.3. The lowest BCUT2D eigenvalue weighted by molar-refractivity contribution is -0.142. The Hall–Kier alpha value is -1.24. The first-order chi connectivity index (χ1) is 17.2. The molecule has 2 fully saturated rings. The molecule has 210 valence electrons. The maximum absolute atomic E-state index is 12.2. The van der Waals surface area contributed by atoms with Crippen molar-refractivity contribution in [1.29, 1.82) is 4.78 Å². The molecule has 2 aliphatic rings. The molecular weight excluding hydrogens is 510 g/mol. The van der Waals surface area contributed by atoms with E-state index in [0.717, 1.165) is 89.9 Å². The second-order valence-electron chi connectivity index (χ2n) is 9.77.